The second kappa shape index (κ2) is 8.55. The average Bonchev–Trinajstić information content (AvgIpc) is 2.97. The molecule has 1 heterocycles. The third-order valence-electron chi connectivity index (χ3n) is 4.19. The number of ether oxygens (including phenoxy) is 1. The van der Waals surface area contributed by atoms with Crippen LogP contribution >= 0.6 is 0 Å². The topological polar surface area (TPSA) is 21.3 Å². The van der Waals surface area contributed by atoms with Crippen molar-refractivity contribution in [3.63, 3.8) is 0 Å². The van der Waals surface area contributed by atoms with E-state index < -0.39 is 0 Å². The number of benzene rings is 1. The van der Waals surface area contributed by atoms with E-state index in [4.69, 9.17) is 4.74 Å². The highest BCUT2D eigenvalue weighted by Crippen LogP contribution is 2.25. The Hall–Kier alpha value is -0.860. The molecule has 2 rings (SSSR count). The van der Waals surface area contributed by atoms with Gasteiger partial charge in [0.2, 0.25) is 0 Å². The summed E-state index contributed by atoms with van der Waals surface area (Å²) in [5.41, 5.74) is 2.85. The SMILES string of the molecule is CCCNC(CC1CCCO1)c1ccc(CC(C)C)cc1. The van der Waals surface area contributed by atoms with Crippen molar-refractivity contribution in [3.8, 4) is 0 Å². The van der Waals surface area contributed by atoms with Gasteiger partial charge in [-0.2, -0.15) is 0 Å². The van der Waals surface area contributed by atoms with Crippen LogP contribution in [0.25, 0.3) is 0 Å². The maximum atomic E-state index is 5.82. The fraction of sp³-hybridized carbons (Fsp3) is 0.684. The predicted molar refractivity (Wildman–Crippen MR) is 89.6 cm³/mol. The summed E-state index contributed by atoms with van der Waals surface area (Å²) in [6.07, 6.45) is 6.32. The van der Waals surface area contributed by atoms with Gasteiger partial charge in [-0.25, -0.2) is 0 Å². The van der Waals surface area contributed by atoms with Gasteiger partial charge in [0.1, 0.15) is 0 Å². The van der Waals surface area contributed by atoms with Crippen LogP contribution in [-0.2, 0) is 11.2 Å². The molecule has 1 saturated heterocycles. The van der Waals surface area contributed by atoms with Gasteiger partial charge in [0.25, 0.3) is 0 Å². The van der Waals surface area contributed by atoms with E-state index in [1.807, 2.05) is 0 Å². The number of hydrogen-bond donors (Lipinski definition) is 1. The van der Waals surface area contributed by atoms with Crippen LogP contribution in [0.4, 0.5) is 0 Å². The van der Waals surface area contributed by atoms with Crippen LogP contribution in [0.3, 0.4) is 0 Å². The summed E-state index contributed by atoms with van der Waals surface area (Å²) >= 11 is 0. The van der Waals surface area contributed by atoms with Crippen LogP contribution in [0.5, 0.6) is 0 Å². The summed E-state index contributed by atoms with van der Waals surface area (Å²) < 4.78 is 5.82. The van der Waals surface area contributed by atoms with Crippen molar-refractivity contribution >= 4 is 0 Å². The quantitative estimate of drug-likeness (QED) is 0.761. The number of rotatable bonds is 8. The van der Waals surface area contributed by atoms with Gasteiger partial charge in [-0.15, -0.1) is 0 Å². The fourth-order valence-electron chi connectivity index (χ4n) is 3.11. The molecule has 0 aromatic heterocycles. The summed E-state index contributed by atoms with van der Waals surface area (Å²) in [6, 6.07) is 9.64. The van der Waals surface area contributed by atoms with Crippen LogP contribution in [0.15, 0.2) is 24.3 Å². The molecule has 0 bridgehead atoms. The Balaban J connectivity index is 2.00. The standard InChI is InChI=1S/C19H31NO/c1-4-11-20-19(14-18-6-5-12-21-18)17-9-7-16(8-10-17)13-15(2)3/h7-10,15,18-20H,4-6,11-14H2,1-3H3. The highest BCUT2D eigenvalue weighted by atomic mass is 16.5. The zero-order valence-corrected chi connectivity index (χ0v) is 13.9. The zero-order valence-electron chi connectivity index (χ0n) is 13.9. The molecule has 0 amide bonds. The fourth-order valence-corrected chi connectivity index (χ4v) is 3.11. The molecule has 1 aliphatic rings. The molecule has 118 valence electrons. The second-order valence-corrected chi connectivity index (χ2v) is 6.72. The molecular formula is C19H31NO. The summed E-state index contributed by atoms with van der Waals surface area (Å²) in [5, 5.41) is 3.69. The molecule has 0 radical (unpaired) electrons. The monoisotopic (exact) mass is 289 g/mol. The molecule has 1 aliphatic heterocycles. The summed E-state index contributed by atoms with van der Waals surface area (Å²) in [7, 11) is 0. The highest BCUT2D eigenvalue weighted by Gasteiger charge is 2.21. The Morgan fingerprint density at radius 1 is 1.24 bits per heavy atom. The smallest absolute Gasteiger partial charge is 0.0594 e. The lowest BCUT2D eigenvalue weighted by Crippen LogP contribution is -2.26. The van der Waals surface area contributed by atoms with Gasteiger partial charge in [0.05, 0.1) is 6.10 Å². The van der Waals surface area contributed by atoms with Crippen LogP contribution in [0.2, 0.25) is 0 Å². The van der Waals surface area contributed by atoms with Gasteiger partial charge < -0.3 is 10.1 Å². The maximum Gasteiger partial charge on any atom is 0.0594 e. The molecule has 2 unspecified atom stereocenters. The van der Waals surface area contributed by atoms with Gasteiger partial charge >= 0.3 is 0 Å². The normalized spacial score (nSPS) is 20.1. The van der Waals surface area contributed by atoms with E-state index in [0.29, 0.717) is 12.1 Å². The number of nitrogens with one attached hydrogen (secondary N) is 1. The van der Waals surface area contributed by atoms with Crippen LogP contribution < -0.4 is 5.32 Å². The Bertz CT molecular complexity index is 393. The first-order valence-electron chi connectivity index (χ1n) is 8.63. The highest BCUT2D eigenvalue weighted by molar-refractivity contribution is 5.25. The minimum atomic E-state index is 0.432. The Morgan fingerprint density at radius 3 is 2.57 bits per heavy atom. The van der Waals surface area contributed by atoms with E-state index >= 15 is 0 Å². The lowest BCUT2D eigenvalue weighted by molar-refractivity contribution is 0.0946. The van der Waals surface area contributed by atoms with E-state index in [2.05, 4.69) is 50.4 Å². The van der Waals surface area contributed by atoms with Gasteiger partial charge in [0.15, 0.2) is 0 Å². The van der Waals surface area contributed by atoms with Crippen LogP contribution in [-0.4, -0.2) is 19.3 Å². The van der Waals surface area contributed by atoms with Crippen molar-refractivity contribution in [2.24, 2.45) is 5.92 Å². The molecule has 0 aliphatic carbocycles. The van der Waals surface area contributed by atoms with E-state index in [9.17, 15) is 0 Å². The van der Waals surface area contributed by atoms with E-state index in [1.165, 1.54) is 36.8 Å². The third-order valence-corrected chi connectivity index (χ3v) is 4.19. The van der Waals surface area contributed by atoms with Gasteiger partial charge in [-0.1, -0.05) is 45.0 Å². The van der Waals surface area contributed by atoms with Crippen LogP contribution in [0, 0.1) is 5.92 Å². The third kappa shape index (κ3) is 5.44. The first kappa shape index (κ1) is 16.5. The molecule has 21 heavy (non-hydrogen) atoms. The van der Waals surface area contributed by atoms with Crippen molar-refractivity contribution in [2.45, 2.75) is 65.0 Å². The molecule has 2 heteroatoms. The van der Waals surface area contributed by atoms with Gasteiger partial charge in [0, 0.05) is 12.6 Å². The second-order valence-electron chi connectivity index (χ2n) is 6.72. The van der Waals surface area contributed by atoms with Crippen molar-refractivity contribution in [1.82, 2.24) is 5.32 Å². The Morgan fingerprint density at radius 2 is 2.00 bits per heavy atom. The summed E-state index contributed by atoms with van der Waals surface area (Å²) in [4.78, 5) is 0. The van der Waals surface area contributed by atoms with E-state index in [-0.39, 0.29) is 0 Å². The number of hydrogen-bond acceptors (Lipinski definition) is 2. The van der Waals surface area contributed by atoms with Crippen molar-refractivity contribution in [2.75, 3.05) is 13.2 Å². The molecule has 1 aromatic rings. The van der Waals surface area contributed by atoms with Gasteiger partial charge in [-0.3, -0.25) is 0 Å². The van der Waals surface area contributed by atoms with E-state index in [1.54, 1.807) is 0 Å². The van der Waals surface area contributed by atoms with Crippen LogP contribution in [0.1, 0.15) is 63.6 Å². The van der Waals surface area contributed by atoms with E-state index in [0.717, 1.165) is 25.5 Å². The molecule has 0 saturated carbocycles. The molecule has 1 fully saturated rings. The first-order chi connectivity index (χ1) is 10.2. The minimum Gasteiger partial charge on any atom is -0.378 e. The molecule has 2 nitrogen and oxygen atoms in total. The Labute approximate surface area is 130 Å². The largest absolute Gasteiger partial charge is 0.378 e. The minimum absolute atomic E-state index is 0.432. The lowest BCUT2D eigenvalue weighted by Gasteiger charge is -2.22. The average molecular weight is 289 g/mol. The summed E-state index contributed by atoms with van der Waals surface area (Å²) in [6.45, 7) is 8.79. The van der Waals surface area contributed by atoms with Crippen molar-refractivity contribution < 1.29 is 4.74 Å². The summed E-state index contributed by atoms with van der Waals surface area (Å²) in [5.74, 6) is 0.719. The van der Waals surface area contributed by atoms with Crippen molar-refractivity contribution in [1.29, 1.82) is 0 Å². The molecule has 0 spiro atoms. The Kier molecular flexibility index (Phi) is 6.72. The lowest BCUT2D eigenvalue weighted by atomic mass is 9.96. The molecular weight excluding hydrogens is 258 g/mol. The molecule has 1 N–H and O–H groups in total. The van der Waals surface area contributed by atoms with Crippen molar-refractivity contribution in [3.05, 3.63) is 35.4 Å². The van der Waals surface area contributed by atoms with Gasteiger partial charge in [-0.05, 0) is 55.7 Å². The maximum absolute atomic E-state index is 5.82. The molecule has 2 atom stereocenters. The molecule has 1 aromatic carbocycles. The first-order valence-corrected chi connectivity index (χ1v) is 8.63. The predicted octanol–water partition coefficient (Wildman–Crippen LogP) is 4.49. The zero-order chi connectivity index (χ0) is 15.1.